The molecule has 0 amide bonds. The van der Waals surface area contributed by atoms with Crippen LogP contribution in [0.3, 0.4) is 0 Å². The minimum absolute atomic E-state index is 0.299. The summed E-state index contributed by atoms with van der Waals surface area (Å²) in [5.41, 5.74) is 9.73. The van der Waals surface area contributed by atoms with Gasteiger partial charge in [-0.2, -0.15) is 0 Å². The first-order valence-corrected chi connectivity index (χ1v) is 6.25. The van der Waals surface area contributed by atoms with Crippen LogP contribution in [-0.4, -0.2) is 18.1 Å². The Morgan fingerprint density at radius 2 is 1.85 bits per heavy atom. The zero-order chi connectivity index (χ0) is 14.1. The molecule has 0 atom stereocenters. The van der Waals surface area contributed by atoms with E-state index in [1.165, 1.54) is 7.11 Å². The van der Waals surface area contributed by atoms with Crippen LogP contribution < -0.4 is 5.73 Å². The number of carbonyl (C=O) groups is 1. The number of hydrogen-bond donors (Lipinski definition) is 2. The smallest absolute Gasteiger partial charge is 0.356 e. The van der Waals surface area contributed by atoms with Crippen LogP contribution in [0.2, 0.25) is 0 Å². The van der Waals surface area contributed by atoms with Crippen LogP contribution in [0, 0.1) is 0 Å². The van der Waals surface area contributed by atoms with E-state index in [0.29, 0.717) is 11.4 Å². The maximum atomic E-state index is 11.6. The van der Waals surface area contributed by atoms with Crippen molar-refractivity contribution >= 4 is 22.6 Å². The summed E-state index contributed by atoms with van der Waals surface area (Å²) in [7, 11) is 1.34. The molecule has 4 heteroatoms. The Bertz CT molecular complexity index is 776. The maximum Gasteiger partial charge on any atom is 0.356 e. The van der Waals surface area contributed by atoms with Gasteiger partial charge in [-0.3, -0.25) is 0 Å². The molecule has 4 nitrogen and oxygen atoms in total. The molecule has 100 valence electrons. The van der Waals surface area contributed by atoms with Gasteiger partial charge < -0.3 is 15.5 Å². The lowest BCUT2D eigenvalue weighted by molar-refractivity contribution is 0.0596. The first-order chi connectivity index (χ1) is 9.70. The Labute approximate surface area is 116 Å². The van der Waals surface area contributed by atoms with E-state index in [4.69, 9.17) is 10.5 Å². The van der Waals surface area contributed by atoms with E-state index >= 15 is 0 Å². The summed E-state index contributed by atoms with van der Waals surface area (Å²) in [5, 5.41) is 0.826. The minimum atomic E-state index is -0.458. The van der Waals surface area contributed by atoms with Gasteiger partial charge in [-0.15, -0.1) is 0 Å². The van der Waals surface area contributed by atoms with Gasteiger partial charge in [0.15, 0.2) is 0 Å². The fraction of sp³-hybridized carbons (Fsp3) is 0.0625. The second-order valence-electron chi connectivity index (χ2n) is 4.53. The normalized spacial score (nSPS) is 10.7. The molecule has 0 saturated carbocycles. The van der Waals surface area contributed by atoms with Gasteiger partial charge in [0.25, 0.3) is 0 Å². The molecule has 3 N–H and O–H groups in total. The first-order valence-electron chi connectivity index (χ1n) is 6.25. The van der Waals surface area contributed by atoms with Gasteiger partial charge in [0.05, 0.1) is 12.8 Å². The van der Waals surface area contributed by atoms with Crippen molar-refractivity contribution in [1.82, 2.24) is 4.98 Å². The Morgan fingerprint density at radius 1 is 1.10 bits per heavy atom. The average molecular weight is 266 g/mol. The van der Waals surface area contributed by atoms with E-state index in [0.717, 1.165) is 22.0 Å². The van der Waals surface area contributed by atoms with Gasteiger partial charge in [-0.05, 0) is 23.3 Å². The molecule has 0 unspecified atom stereocenters. The molecular formula is C16H14N2O2. The number of rotatable bonds is 2. The number of nitrogens with two attached hydrogens (primary N) is 1. The molecule has 2 aromatic carbocycles. The van der Waals surface area contributed by atoms with E-state index in [9.17, 15) is 4.79 Å². The van der Waals surface area contributed by atoms with Crippen LogP contribution in [0.15, 0.2) is 48.5 Å². The summed E-state index contributed by atoms with van der Waals surface area (Å²) < 4.78 is 4.71. The van der Waals surface area contributed by atoms with E-state index in [2.05, 4.69) is 4.98 Å². The van der Waals surface area contributed by atoms with E-state index in [1.807, 2.05) is 48.5 Å². The Morgan fingerprint density at radius 3 is 2.55 bits per heavy atom. The lowest BCUT2D eigenvalue weighted by Gasteiger charge is -2.02. The number of H-pyrrole nitrogens is 1. The number of methoxy groups -OCH3 is 1. The molecule has 0 saturated heterocycles. The SMILES string of the molecule is COC(=O)c1[nH]c2ccc(-c3ccccc3)cc2c1N. The summed E-state index contributed by atoms with van der Waals surface area (Å²) in [4.78, 5) is 14.6. The average Bonchev–Trinajstić information content (AvgIpc) is 2.84. The second-order valence-corrected chi connectivity index (χ2v) is 4.53. The van der Waals surface area contributed by atoms with Crippen molar-refractivity contribution in [1.29, 1.82) is 0 Å². The van der Waals surface area contributed by atoms with Crippen LogP contribution >= 0.6 is 0 Å². The van der Waals surface area contributed by atoms with Crippen molar-refractivity contribution in [3.05, 3.63) is 54.2 Å². The number of aromatic amines is 1. The van der Waals surface area contributed by atoms with Gasteiger partial charge >= 0.3 is 5.97 Å². The molecule has 0 radical (unpaired) electrons. The van der Waals surface area contributed by atoms with Gasteiger partial charge in [-0.1, -0.05) is 36.4 Å². The van der Waals surface area contributed by atoms with Crippen molar-refractivity contribution < 1.29 is 9.53 Å². The highest BCUT2D eigenvalue weighted by atomic mass is 16.5. The predicted molar refractivity (Wildman–Crippen MR) is 79.5 cm³/mol. The number of hydrogen-bond acceptors (Lipinski definition) is 3. The van der Waals surface area contributed by atoms with Crippen molar-refractivity contribution in [2.45, 2.75) is 0 Å². The number of carbonyl (C=O) groups excluding carboxylic acids is 1. The topological polar surface area (TPSA) is 68.1 Å². The molecule has 0 spiro atoms. The lowest BCUT2D eigenvalue weighted by Crippen LogP contribution is -2.04. The predicted octanol–water partition coefficient (Wildman–Crippen LogP) is 3.20. The van der Waals surface area contributed by atoms with E-state index < -0.39 is 5.97 Å². The quantitative estimate of drug-likeness (QED) is 0.700. The molecule has 1 aromatic heterocycles. The zero-order valence-corrected chi connectivity index (χ0v) is 11.0. The Balaban J connectivity index is 2.17. The summed E-state index contributed by atoms with van der Waals surface area (Å²) in [6, 6.07) is 15.9. The molecule has 20 heavy (non-hydrogen) atoms. The fourth-order valence-corrected chi connectivity index (χ4v) is 2.29. The van der Waals surface area contributed by atoms with Crippen molar-refractivity contribution in [2.24, 2.45) is 0 Å². The molecule has 3 rings (SSSR count). The summed E-state index contributed by atoms with van der Waals surface area (Å²) >= 11 is 0. The van der Waals surface area contributed by atoms with Crippen LogP contribution in [0.25, 0.3) is 22.0 Å². The number of nitrogen functional groups attached to an aromatic ring is 1. The van der Waals surface area contributed by atoms with Gasteiger partial charge in [-0.25, -0.2) is 4.79 Å². The van der Waals surface area contributed by atoms with Gasteiger partial charge in [0.2, 0.25) is 0 Å². The third kappa shape index (κ3) is 1.91. The number of ether oxygens (including phenoxy) is 1. The number of nitrogens with one attached hydrogen (secondary N) is 1. The third-order valence-corrected chi connectivity index (χ3v) is 3.34. The summed E-state index contributed by atoms with van der Waals surface area (Å²) in [6.45, 7) is 0. The maximum absolute atomic E-state index is 11.6. The van der Waals surface area contributed by atoms with Crippen molar-refractivity contribution in [2.75, 3.05) is 12.8 Å². The number of fused-ring (bicyclic) bond motifs is 1. The molecule has 0 fully saturated rings. The van der Waals surface area contributed by atoms with Crippen LogP contribution in [0.1, 0.15) is 10.5 Å². The molecule has 3 aromatic rings. The summed E-state index contributed by atoms with van der Waals surface area (Å²) in [5.74, 6) is -0.458. The van der Waals surface area contributed by atoms with Crippen molar-refractivity contribution in [3.63, 3.8) is 0 Å². The largest absolute Gasteiger partial charge is 0.464 e. The summed E-state index contributed by atoms with van der Waals surface area (Å²) in [6.07, 6.45) is 0. The molecule has 0 aliphatic rings. The molecule has 1 heterocycles. The standard InChI is InChI=1S/C16H14N2O2/c1-20-16(19)15-14(17)12-9-11(7-8-13(12)18-15)10-5-3-2-4-6-10/h2-9,18H,17H2,1H3. The molecular weight excluding hydrogens is 252 g/mol. The van der Waals surface area contributed by atoms with Crippen molar-refractivity contribution in [3.8, 4) is 11.1 Å². The zero-order valence-electron chi connectivity index (χ0n) is 11.0. The van der Waals surface area contributed by atoms with Crippen LogP contribution in [0.4, 0.5) is 5.69 Å². The highest BCUT2D eigenvalue weighted by Crippen LogP contribution is 2.30. The fourth-order valence-electron chi connectivity index (χ4n) is 2.29. The number of esters is 1. The number of benzene rings is 2. The molecule has 0 aliphatic carbocycles. The lowest BCUT2D eigenvalue weighted by atomic mass is 10.0. The highest BCUT2D eigenvalue weighted by molar-refractivity contribution is 6.06. The molecule has 0 bridgehead atoms. The first kappa shape index (κ1) is 12.3. The number of anilines is 1. The minimum Gasteiger partial charge on any atom is -0.464 e. The Hall–Kier alpha value is -2.75. The third-order valence-electron chi connectivity index (χ3n) is 3.34. The number of aromatic nitrogens is 1. The van der Waals surface area contributed by atoms with Gasteiger partial charge in [0, 0.05) is 10.9 Å². The van der Waals surface area contributed by atoms with E-state index in [1.54, 1.807) is 0 Å². The Kier molecular flexibility index (Phi) is 2.91. The second kappa shape index (κ2) is 4.74. The monoisotopic (exact) mass is 266 g/mol. The van der Waals surface area contributed by atoms with Crippen LogP contribution in [-0.2, 0) is 4.74 Å². The van der Waals surface area contributed by atoms with E-state index in [-0.39, 0.29) is 0 Å². The van der Waals surface area contributed by atoms with Gasteiger partial charge in [0.1, 0.15) is 5.69 Å². The molecule has 0 aliphatic heterocycles. The van der Waals surface area contributed by atoms with Crippen LogP contribution in [0.5, 0.6) is 0 Å². The highest BCUT2D eigenvalue weighted by Gasteiger charge is 2.16.